The van der Waals surface area contributed by atoms with Crippen LogP contribution in [0.4, 0.5) is 5.69 Å². The zero-order valence-electron chi connectivity index (χ0n) is 17.6. The van der Waals surface area contributed by atoms with Gasteiger partial charge in [-0.2, -0.15) is 0 Å². The maximum atomic E-state index is 12.8. The number of anilines is 1. The Bertz CT molecular complexity index is 820. The second kappa shape index (κ2) is 12.4. The second-order valence-electron chi connectivity index (χ2n) is 7.77. The Morgan fingerprint density at radius 3 is 2.50 bits per heavy atom. The maximum absolute atomic E-state index is 12.8. The first-order chi connectivity index (χ1) is 14.1. The van der Waals surface area contributed by atoms with E-state index in [2.05, 4.69) is 16.0 Å². The van der Waals surface area contributed by atoms with Gasteiger partial charge in [0, 0.05) is 13.0 Å². The molecule has 0 spiro atoms. The molecule has 0 aliphatic carbocycles. The first-order valence-corrected chi connectivity index (χ1v) is 10.6. The van der Waals surface area contributed by atoms with Crippen molar-refractivity contribution in [2.24, 2.45) is 5.92 Å². The lowest BCUT2D eigenvalue weighted by Gasteiger charge is -2.22. The summed E-state index contributed by atoms with van der Waals surface area (Å²) in [6, 6.07) is 15.7. The molecular weight excluding hydrogens is 398 g/mol. The normalized spacial score (nSPS) is 13.9. The number of hydrogen-bond donors (Lipinski definition) is 3. The minimum atomic E-state index is -0.146. The smallest absolute Gasteiger partial charge is 0.253 e. The van der Waals surface area contributed by atoms with E-state index in [1.54, 1.807) is 0 Å². The molecule has 2 amide bonds. The Morgan fingerprint density at radius 1 is 1.03 bits per heavy atom. The van der Waals surface area contributed by atoms with Gasteiger partial charge in [-0.05, 0) is 68.8 Å². The van der Waals surface area contributed by atoms with Crippen LogP contribution in [0.3, 0.4) is 0 Å². The van der Waals surface area contributed by atoms with Crippen LogP contribution < -0.4 is 16.0 Å². The van der Waals surface area contributed by atoms with E-state index in [0.717, 1.165) is 44.3 Å². The van der Waals surface area contributed by atoms with Gasteiger partial charge in [-0.15, -0.1) is 12.4 Å². The van der Waals surface area contributed by atoms with Crippen molar-refractivity contribution in [1.29, 1.82) is 0 Å². The molecule has 2 aromatic carbocycles. The number of piperidine rings is 1. The summed E-state index contributed by atoms with van der Waals surface area (Å²) in [7, 11) is 0. The monoisotopic (exact) mass is 429 g/mol. The van der Waals surface area contributed by atoms with Crippen LogP contribution in [-0.4, -0.2) is 31.4 Å². The fraction of sp³-hybridized carbons (Fsp3) is 0.417. The summed E-state index contributed by atoms with van der Waals surface area (Å²) in [5, 5.41) is 9.30. The van der Waals surface area contributed by atoms with E-state index in [9.17, 15) is 9.59 Å². The van der Waals surface area contributed by atoms with Gasteiger partial charge in [0.1, 0.15) is 0 Å². The molecule has 1 heterocycles. The fourth-order valence-electron chi connectivity index (χ4n) is 3.85. The number of carbonyl (C=O) groups excluding carboxylic acids is 2. The SMILES string of the molecule is Cc1cccc(NC(=O)CCC2CCNCC2)c1C(=O)NCCc1ccccc1.Cl. The van der Waals surface area contributed by atoms with Gasteiger partial charge in [0.05, 0.1) is 11.3 Å². The summed E-state index contributed by atoms with van der Waals surface area (Å²) < 4.78 is 0. The second-order valence-corrected chi connectivity index (χ2v) is 7.77. The molecule has 1 aliphatic heterocycles. The highest BCUT2D eigenvalue weighted by molar-refractivity contribution is 6.04. The quantitative estimate of drug-likeness (QED) is 0.591. The van der Waals surface area contributed by atoms with Crippen LogP contribution in [0.15, 0.2) is 48.5 Å². The third-order valence-corrected chi connectivity index (χ3v) is 5.55. The van der Waals surface area contributed by atoms with Gasteiger partial charge in [0.2, 0.25) is 5.91 Å². The minimum absolute atomic E-state index is 0. The number of nitrogens with one attached hydrogen (secondary N) is 3. The molecule has 162 valence electrons. The van der Waals surface area contributed by atoms with Crippen molar-refractivity contribution in [1.82, 2.24) is 10.6 Å². The van der Waals surface area contributed by atoms with Crippen molar-refractivity contribution in [3.8, 4) is 0 Å². The number of halogens is 1. The standard InChI is InChI=1S/C24H31N3O2.ClH/c1-18-6-5-9-21(27-22(28)11-10-20-12-15-25-16-13-20)23(18)24(29)26-17-14-19-7-3-2-4-8-19;/h2-9,20,25H,10-17H2,1H3,(H,26,29)(H,27,28);1H. The van der Waals surface area contributed by atoms with E-state index in [1.807, 2.05) is 55.5 Å². The molecule has 3 N–H and O–H groups in total. The van der Waals surface area contributed by atoms with Crippen LogP contribution in [0.25, 0.3) is 0 Å². The van der Waals surface area contributed by atoms with E-state index in [1.165, 1.54) is 5.56 Å². The molecular formula is C24H32ClN3O2. The first-order valence-electron chi connectivity index (χ1n) is 10.6. The summed E-state index contributed by atoms with van der Waals surface area (Å²) in [6.07, 6.45) is 4.43. The largest absolute Gasteiger partial charge is 0.352 e. The van der Waals surface area contributed by atoms with Crippen molar-refractivity contribution in [3.05, 3.63) is 65.2 Å². The Morgan fingerprint density at radius 2 is 1.77 bits per heavy atom. The molecule has 0 atom stereocenters. The molecule has 0 aromatic heterocycles. The van der Waals surface area contributed by atoms with Crippen LogP contribution in [0.5, 0.6) is 0 Å². The number of benzene rings is 2. The van der Waals surface area contributed by atoms with Crippen molar-refractivity contribution in [3.63, 3.8) is 0 Å². The average molecular weight is 430 g/mol. The van der Waals surface area contributed by atoms with Crippen LogP contribution in [0.1, 0.15) is 47.2 Å². The Labute approximate surface area is 185 Å². The molecule has 3 rings (SSSR count). The summed E-state index contributed by atoms with van der Waals surface area (Å²) >= 11 is 0. The van der Waals surface area contributed by atoms with Crippen LogP contribution in [0, 0.1) is 12.8 Å². The highest BCUT2D eigenvalue weighted by atomic mass is 35.5. The molecule has 0 radical (unpaired) electrons. The number of rotatable bonds is 8. The molecule has 6 heteroatoms. The Hall–Kier alpha value is -2.37. The predicted octanol–water partition coefficient (Wildman–Crippen LogP) is 4.11. The van der Waals surface area contributed by atoms with Gasteiger partial charge < -0.3 is 16.0 Å². The minimum Gasteiger partial charge on any atom is -0.352 e. The average Bonchev–Trinajstić information content (AvgIpc) is 2.74. The lowest BCUT2D eigenvalue weighted by Crippen LogP contribution is -2.29. The topological polar surface area (TPSA) is 70.2 Å². The number of aryl methyl sites for hydroxylation is 1. The highest BCUT2D eigenvalue weighted by Crippen LogP contribution is 2.22. The van der Waals surface area contributed by atoms with Gasteiger partial charge in [-0.1, -0.05) is 42.5 Å². The molecule has 1 fully saturated rings. The molecule has 1 aliphatic rings. The Balaban J connectivity index is 0.00000320. The van der Waals surface area contributed by atoms with Gasteiger partial charge in [0.15, 0.2) is 0 Å². The van der Waals surface area contributed by atoms with Gasteiger partial charge in [0.25, 0.3) is 5.91 Å². The first kappa shape index (κ1) is 23.9. The van der Waals surface area contributed by atoms with Crippen LogP contribution in [-0.2, 0) is 11.2 Å². The third kappa shape index (κ3) is 7.15. The molecule has 1 saturated heterocycles. The van der Waals surface area contributed by atoms with Gasteiger partial charge in [-0.3, -0.25) is 9.59 Å². The van der Waals surface area contributed by atoms with Crippen molar-refractivity contribution in [2.75, 3.05) is 25.0 Å². The molecule has 5 nitrogen and oxygen atoms in total. The van der Waals surface area contributed by atoms with Gasteiger partial charge in [-0.25, -0.2) is 0 Å². The number of amides is 2. The fourth-order valence-corrected chi connectivity index (χ4v) is 3.85. The lowest BCUT2D eigenvalue weighted by atomic mass is 9.93. The summed E-state index contributed by atoms with van der Waals surface area (Å²) in [5.41, 5.74) is 3.19. The predicted molar refractivity (Wildman–Crippen MR) is 124 cm³/mol. The van der Waals surface area contributed by atoms with E-state index >= 15 is 0 Å². The molecule has 2 aromatic rings. The summed E-state index contributed by atoms with van der Waals surface area (Å²) in [5.74, 6) is 0.445. The zero-order valence-corrected chi connectivity index (χ0v) is 18.4. The summed E-state index contributed by atoms with van der Waals surface area (Å²) in [6.45, 7) is 4.53. The third-order valence-electron chi connectivity index (χ3n) is 5.55. The van der Waals surface area contributed by atoms with Crippen molar-refractivity contribution < 1.29 is 9.59 Å². The van der Waals surface area contributed by atoms with E-state index in [-0.39, 0.29) is 24.2 Å². The Kier molecular flexibility index (Phi) is 9.84. The van der Waals surface area contributed by atoms with E-state index in [4.69, 9.17) is 0 Å². The molecule has 0 saturated carbocycles. The van der Waals surface area contributed by atoms with Gasteiger partial charge >= 0.3 is 0 Å². The van der Waals surface area contributed by atoms with Crippen LogP contribution in [0.2, 0.25) is 0 Å². The molecule has 0 bridgehead atoms. The highest BCUT2D eigenvalue weighted by Gasteiger charge is 2.18. The molecule has 0 unspecified atom stereocenters. The van der Waals surface area contributed by atoms with E-state index in [0.29, 0.717) is 30.1 Å². The van der Waals surface area contributed by atoms with Crippen molar-refractivity contribution in [2.45, 2.75) is 39.0 Å². The van der Waals surface area contributed by atoms with Crippen LogP contribution >= 0.6 is 12.4 Å². The summed E-state index contributed by atoms with van der Waals surface area (Å²) in [4.78, 5) is 25.3. The number of carbonyl (C=O) groups is 2. The number of hydrogen-bond acceptors (Lipinski definition) is 3. The maximum Gasteiger partial charge on any atom is 0.253 e. The lowest BCUT2D eigenvalue weighted by molar-refractivity contribution is -0.116. The van der Waals surface area contributed by atoms with Crippen molar-refractivity contribution >= 4 is 29.9 Å². The van der Waals surface area contributed by atoms with E-state index < -0.39 is 0 Å². The molecule has 30 heavy (non-hydrogen) atoms. The zero-order chi connectivity index (χ0) is 20.5.